The number of ether oxygens (including phenoxy) is 1. The smallest absolute Gasteiger partial charge is 0.238 e. The standard InChI is InChI=1S/C25H30N4O3/c1-32-20-7-8-23-22(15-20)21(9-12-26-23)24(30)17-29-13-10-18(11-14-29)27-16-25(31)28-19-5-3-2-4-6-19/h2-9,12,15,18,24,27,30H,10-11,13-14,16-17H2,1H3,(H,28,31). The van der Waals surface area contributed by atoms with Crippen LogP contribution in [0.1, 0.15) is 24.5 Å². The molecule has 3 aromatic rings. The van der Waals surface area contributed by atoms with Crippen LogP contribution in [0.15, 0.2) is 60.8 Å². The number of benzene rings is 2. The Morgan fingerprint density at radius 3 is 2.72 bits per heavy atom. The number of aliphatic hydroxyl groups is 1. The highest BCUT2D eigenvalue weighted by atomic mass is 16.5. The summed E-state index contributed by atoms with van der Waals surface area (Å²) in [4.78, 5) is 18.8. The maximum absolute atomic E-state index is 12.1. The topological polar surface area (TPSA) is 86.7 Å². The van der Waals surface area contributed by atoms with Gasteiger partial charge in [0.1, 0.15) is 5.75 Å². The molecule has 0 spiro atoms. The lowest BCUT2D eigenvalue weighted by Gasteiger charge is -2.33. The van der Waals surface area contributed by atoms with E-state index in [9.17, 15) is 9.90 Å². The molecule has 0 aliphatic carbocycles. The molecule has 1 aliphatic heterocycles. The van der Waals surface area contributed by atoms with Crippen molar-refractivity contribution in [1.82, 2.24) is 15.2 Å². The summed E-state index contributed by atoms with van der Waals surface area (Å²) in [7, 11) is 1.64. The number of β-amino-alcohol motifs (C(OH)–C–C–N with tert-alkyl or cyclic N) is 1. The number of hydrogen-bond donors (Lipinski definition) is 3. The second kappa shape index (κ2) is 10.5. The average Bonchev–Trinajstić information content (AvgIpc) is 2.83. The number of rotatable bonds is 8. The summed E-state index contributed by atoms with van der Waals surface area (Å²) in [6.07, 6.45) is 3.02. The Morgan fingerprint density at radius 1 is 1.19 bits per heavy atom. The minimum Gasteiger partial charge on any atom is -0.497 e. The second-order valence-electron chi connectivity index (χ2n) is 8.17. The quantitative estimate of drug-likeness (QED) is 0.505. The molecule has 0 radical (unpaired) electrons. The Morgan fingerprint density at radius 2 is 1.97 bits per heavy atom. The molecule has 2 heterocycles. The van der Waals surface area contributed by atoms with Crippen LogP contribution in [-0.2, 0) is 4.79 Å². The van der Waals surface area contributed by atoms with Crippen molar-refractivity contribution in [3.8, 4) is 5.75 Å². The number of para-hydroxylation sites is 1. The second-order valence-corrected chi connectivity index (χ2v) is 8.17. The van der Waals surface area contributed by atoms with E-state index in [4.69, 9.17) is 4.74 Å². The summed E-state index contributed by atoms with van der Waals surface area (Å²) in [6, 6.07) is 17.4. The molecule has 0 saturated carbocycles. The van der Waals surface area contributed by atoms with Gasteiger partial charge in [0.05, 0.1) is 25.3 Å². The van der Waals surface area contributed by atoms with Gasteiger partial charge in [0.15, 0.2) is 0 Å². The fourth-order valence-electron chi connectivity index (χ4n) is 4.19. The predicted octanol–water partition coefficient (Wildman–Crippen LogP) is 2.97. The minimum absolute atomic E-state index is 0.0333. The molecule has 1 unspecified atom stereocenters. The van der Waals surface area contributed by atoms with Crippen molar-refractivity contribution in [1.29, 1.82) is 0 Å². The van der Waals surface area contributed by atoms with Crippen LogP contribution >= 0.6 is 0 Å². The lowest BCUT2D eigenvalue weighted by Crippen LogP contribution is -2.45. The molecule has 0 bridgehead atoms. The van der Waals surface area contributed by atoms with Gasteiger partial charge in [0, 0.05) is 29.9 Å². The Kier molecular flexibility index (Phi) is 7.32. The molecular weight excluding hydrogens is 404 g/mol. The van der Waals surface area contributed by atoms with Crippen molar-refractivity contribution >= 4 is 22.5 Å². The number of pyridine rings is 1. The van der Waals surface area contributed by atoms with E-state index in [1.54, 1.807) is 13.3 Å². The molecule has 2 aromatic carbocycles. The molecule has 32 heavy (non-hydrogen) atoms. The highest BCUT2D eigenvalue weighted by molar-refractivity contribution is 5.92. The summed E-state index contributed by atoms with van der Waals surface area (Å²) in [5.74, 6) is 0.719. The van der Waals surface area contributed by atoms with Crippen LogP contribution in [0.4, 0.5) is 5.69 Å². The first-order chi connectivity index (χ1) is 15.6. The van der Waals surface area contributed by atoms with Gasteiger partial charge in [-0.3, -0.25) is 9.78 Å². The number of carbonyl (C=O) groups excluding carboxylic acids is 1. The van der Waals surface area contributed by atoms with Crippen LogP contribution in [0.25, 0.3) is 10.9 Å². The fraction of sp³-hybridized carbons (Fsp3) is 0.360. The first-order valence-electron chi connectivity index (χ1n) is 11.0. The average molecular weight is 435 g/mol. The van der Waals surface area contributed by atoms with E-state index in [0.717, 1.165) is 53.8 Å². The Labute approximate surface area is 188 Å². The van der Waals surface area contributed by atoms with E-state index in [2.05, 4.69) is 20.5 Å². The lowest BCUT2D eigenvalue weighted by molar-refractivity contribution is -0.115. The van der Waals surface area contributed by atoms with Gasteiger partial charge in [0.2, 0.25) is 5.91 Å². The van der Waals surface area contributed by atoms with E-state index < -0.39 is 6.10 Å². The lowest BCUT2D eigenvalue weighted by atomic mass is 10.0. The third-order valence-electron chi connectivity index (χ3n) is 5.97. The van der Waals surface area contributed by atoms with Crippen LogP contribution < -0.4 is 15.4 Å². The van der Waals surface area contributed by atoms with E-state index in [1.165, 1.54) is 0 Å². The maximum atomic E-state index is 12.1. The predicted molar refractivity (Wildman–Crippen MR) is 126 cm³/mol. The van der Waals surface area contributed by atoms with Crippen molar-refractivity contribution < 1.29 is 14.6 Å². The van der Waals surface area contributed by atoms with E-state index in [-0.39, 0.29) is 5.91 Å². The van der Waals surface area contributed by atoms with Crippen molar-refractivity contribution in [2.45, 2.75) is 25.0 Å². The Bertz CT molecular complexity index is 1040. The summed E-state index contributed by atoms with van der Waals surface area (Å²) in [6.45, 7) is 2.62. The molecule has 1 atom stereocenters. The number of aromatic nitrogens is 1. The molecule has 4 rings (SSSR count). The third kappa shape index (κ3) is 5.62. The fourth-order valence-corrected chi connectivity index (χ4v) is 4.19. The van der Waals surface area contributed by atoms with Crippen LogP contribution in [0.3, 0.4) is 0 Å². The van der Waals surface area contributed by atoms with Gasteiger partial charge in [-0.05, 0) is 67.9 Å². The number of anilines is 1. The minimum atomic E-state index is -0.603. The van der Waals surface area contributed by atoms with Crippen LogP contribution in [0.2, 0.25) is 0 Å². The van der Waals surface area contributed by atoms with Gasteiger partial charge in [0.25, 0.3) is 0 Å². The number of aliphatic hydroxyl groups excluding tert-OH is 1. The van der Waals surface area contributed by atoms with Gasteiger partial charge in [-0.15, -0.1) is 0 Å². The number of nitrogens with zero attached hydrogens (tertiary/aromatic N) is 2. The summed E-state index contributed by atoms with van der Waals surface area (Å²) < 4.78 is 5.34. The zero-order valence-electron chi connectivity index (χ0n) is 18.3. The molecule has 1 aliphatic rings. The SMILES string of the molecule is COc1ccc2nccc(C(O)CN3CCC(NCC(=O)Nc4ccccc4)CC3)c2c1. The van der Waals surface area contributed by atoms with Crippen molar-refractivity contribution in [3.63, 3.8) is 0 Å². The normalized spacial score (nSPS) is 16.1. The van der Waals surface area contributed by atoms with Gasteiger partial charge < -0.3 is 25.4 Å². The number of amides is 1. The number of piperidine rings is 1. The van der Waals surface area contributed by atoms with Crippen molar-refractivity contribution in [2.75, 3.05) is 38.6 Å². The van der Waals surface area contributed by atoms with Gasteiger partial charge in [-0.2, -0.15) is 0 Å². The number of hydrogen-bond acceptors (Lipinski definition) is 6. The monoisotopic (exact) mass is 434 g/mol. The van der Waals surface area contributed by atoms with Crippen molar-refractivity contribution in [2.24, 2.45) is 0 Å². The first-order valence-corrected chi connectivity index (χ1v) is 11.0. The Hall–Kier alpha value is -3.00. The highest BCUT2D eigenvalue weighted by Gasteiger charge is 2.23. The zero-order chi connectivity index (χ0) is 22.3. The number of nitrogens with one attached hydrogen (secondary N) is 2. The molecule has 7 nitrogen and oxygen atoms in total. The van der Waals surface area contributed by atoms with Gasteiger partial charge in [-0.25, -0.2) is 0 Å². The largest absolute Gasteiger partial charge is 0.497 e. The van der Waals surface area contributed by atoms with Gasteiger partial charge >= 0.3 is 0 Å². The van der Waals surface area contributed by atoms with E-state index >= 15 is 0 Å². The highest BCUT2D eigenvalue weighted by Crippen LogP contribution is 2.27. The molecule has 3 N–H and O–H groups in total. The number of carbonyl (C=O) groups is 1. The molecule has 1 saturated heterocycles. The van der Waals surface area contributed by atoms with Crippen LogP contribution in [0, 0.1) is 0 Å². The number of fused-ring (bicyclic) bond motifs is 1. The molecule has 1 aromatic heterocycles. The van der Waals surface area contributed by atoms with Crippen molar-refractivity contribution in [3.05, 3.63) is 66.4 Å². The number of methoxy groups -OCH3 is 1. The van der Waals surface area contributed by atoms with Crippen LogP contribution in [-0.4, -0.2) is 60.2 Å². The van der Waals surface area contributed by atoms with Gasteiger partial charge in [-0.1, -0.05) is 18.2 Å². The summed E-state index contributed by atoms with van der Waals surface area (Å²) in [5, 5.41) is 18.1. The summed E-state index contributed by atoms with van der Waals surface area (Å²) in [5.41, 5.74) is 2.52. The molecule has 168 valence electrons. The summed E-state index contributed by atoms with van der Waals surface area (Å²) >= 11 is 0. The molecule has 1 fully saturated rings. The first kappa shape index (κ1) is 22.2. The van der Waals surface area contributed by atoms with E-state index in [0.29, 0.717) is 19.1 Å². The maximum Gasteiger partial charge on any atom is 0.238 e. The molecule has 7 heteroatoms. The van der Waals surface area contributed by atoms with Crippen LogP contribution in [0.5, 0.6) is 5.75 Å². The van der Waals surface area contributed by atoms with E-state index in [1.807, 2.05) is 54.6 Å². The zero-order valence-corrected chi connectivity index (χ0v) is 18.3. The Balaban J connectivity index is 1.26. The third-order valence-corrected chi connectivity index (χ3v) is 5.97. The molecule has 1 amide bonds. The number of likely N-dealkylation sites (tertiary alicyclic amines) is 1. The molecular formula is C25H30N4O3.